The van der Waals surface area contributed by atoms with Crippen LogP contribution in [0.4, 0.5) is 0 Å². The van der Waals surface area contributed by atoms with Crippen molar-refractivity contribution in [2.45, 2.75) is 13.3 Å². The molecule has 0 amide bonds. The third kappa shape index (κ3) is 2.79. The average molecular weight is 174 g/mol. The molecule has 0 bridgehead atoms. The molecular weight excluding hydrogens is 160 g/mol. The quantitative estimate of drug-likeness (QED) is 0.517. The van der Waals surface area contributed by atoms with Crippen molar-refractivity contribution < 1.29 is 0 Å². The summed E-state index contributed by atoms with van der Waals surface area (Å²) in [6, 6.07) is 8.28. The van der Waals surface area contributed by atoms with E-state index in [1.165, 1.54) is 11.1 Å². The number of aryl methyl sites for hydroxylation is 1. The third-order valence-electron chi connectivity index (χ3n) is 2.15. The standard InChI is InChI=1S/C11H14N2/c1-10-5-3-4-6-11(10)7-8-13(2)9-12/h3-6H,7-8H2,1-2H3. The lowest BCUT2D eigenvalue weighted by atomic mass is 10.1. The molecule has 1 aromatic rings. The van der Waals surface area contributed by atoms with Crippen LogP contribution in [-0.4, -0.2) is 18.5 Å². The molecule has 2 heteroatoms. The van der Waals surface area contributed by atoms with Gasteiger partial charge >= 0.3 is 0 Å². The molecule has 0 fully saturated rings. The molecule has 1 aromatic carbocycles. The van der Waals surface area contributed by atoms with E-state index in [-0.39, 0.29) is 0 Å². The van der Waals surface area contributed by atoms with E-state index in [4.69, 9.17) is 5.26 Å². The molecule has 0 saturated carbocycles. The summed E-state index contributed by atoms with van der Waals surface area (Å²) in [7, 11) is 1.80. The molecule has 0 aliphatic heterocycles. The highest BCUT2D eigenvalue weighted by molar-refractivity contribution is 5.25. The topological polar surface area (TPSA) is 27.0 Å². The number of likely N-dealkylation sites (N-methyl/N-ethyl adjacent to an activating group) is 1. The van der Waals surface area contributed by atoms with Gasteiger partial charge in [0.15, 0.2) is 6.19 Å². The number of benzene rings is 1. The van der Waals surface area contributed by atoms with Crippen molar-refractivity contribution >= 4 is 0 Å². The SMILES string of the molecule is Cc1ccccc1CCN(C)C#N. The smallest absolute Gasteiger partial charge is 0.179 e. The molecule has 0 aromatic heterocycles. The van der Waals surface area contributed by atoms with Crippen molar-refractivity contribution in [3.63, 3.8) is 0 Å². The van der Waals surface area contributed by atoms with Crippen LogP contribution >= 0.6 is 0 Å². The van der Waals surface area contributed by atoms with E-state index in [2.05, 4.69) is 25.2 Å². The van der Waals surface area contributed by atoms with Crippen LogP contribution in [0.25, 0.3) is 0 Å². The molecule has 0 radical (unpaired) electrons. The summed E-state index contributed by atoms with van der Waals surface area (Å²) < 4.78 is 0. The van der Waals surface area contributed by atoms with E-state index in [1.807, 2.05) is 12.1 Å². The minimum absolute atomic E-state index is 0.793. The second-order valence-electron chi connectivity index (χ2n) is 3.20. The molecule has 0 aliphatic rings. The molecule has 68 valence electrons. The van der Waals surface area contributed by atoms with Gasteiger partial charge in [0.2, 0.25) is 0 Å². The van der Waals surface area contributed by atoms with Crippen LogP contribution in [0.15, 0.2) is 24.3 Å². The van der Waals surface area contributed by atoms with Crippen molar-refractivity contribution in [3.05, 3.63) is 35.4 Å². The summed E-state index contributed by atoms with van der Waals surface area (Å²) >= 11 is 0. The molecule has 1 rings (SSSR count). The van der Waals surface area contributed by atoms with Crippen molar-refractivity contribution in [1.29, 1.82) is 5.26 Å². The van der Waals surface area contributed by atoms with Crippen LogP contribution in [0.3, 0.4) is 0 Å². The number of hydrogen-bond acceptors (Lipinski definition) is 2. The zero-order chi connectivity index (χ0) is 9.68. The predicted molar refractivity (Wildman–Crippen MR) is 53.1 cm³/mol. The van der Waals surface area contributed by atoms with Crippen LogP contribution in [-0.2, 0) is 6.42 Å². The highest BCUT2D eigenvalue weighted by Crippen LogP contribution is 2.07. The summed E-state index contributed by atoms with van der Waals surface area (Å²) in [5.41, 5.74) is 2.62. The minimum atomic E-state index is 0.793. The second kappa shape index (κ2) is 4.51. The van der Waals surface area contributed by atoms with E-state index in [9.17, 15) is 0 Å². The Morgan fingerprint density at radius 2 is 2.08 bits per heavy atom. The summed E-state index contributed by atoms with van der Waals surface area (Å²) in [5.74, 6) is 0. The number of nitriles is 1. The number of hydrogen-bond donors (Lipinski definition) is 0. The maximum absolute atomic E-state index is 8.56. The van der Waals surface area contributed by atoms with Crippen molar-refractivity contribution in [3.8, 4) is 6.19 Å². The molecule has 0 atom stereocenters. The van der Waals surface area contributed by atoms with Crippen LogP contribution in [0.2, 0.25) is 0 Å². The maximum atomic E-state index is 8.56. The summed E-state index contributed by atoms with van der Waals surface area (Å²) in [6.45, 7) is 2.89. The number of nitrogens with zero attached hydrogens (tertiary/aromatic N) is 2. The first kappa shape index (κ1) is 9.60. The van der Waals surface area contributed by atoms with E-state index in [0.29, 0.717) is 0 Å². The normalized spacial score (nSPS) is 9.31. The lowest BCUT2D eigenvalue weighted by molar-refractivity contribution is 0.478. The fourth-order valence-electron chi connectivity index (χ4n) is 1.23. The van der Waals surface area contributed by atoms with Gasteiger partial charge in [-0.1, -0.05) is 24.3 Å². The van der Waals surface area contributed by atoms with E-state index in [1.54, 1.807) is 11.9 Å². The number of rotatable bonds is 3. The van der Waals surface area contributed by atoms with Gasteiger partial charge < -0.3 is 4.90 Å². The summed E-state index contributed by atoms with van der Waals surface area (Å²) in [5, 5.41) is 8.56. The van der Waals surface area contributed by atoms with Gasteiger partial charge in [-0.3, -0.25) is 0 Å². The monoisotopic (exact) mass is 174 g/mol. The fraction of sp³-hybridized carbons (Fsp3) is 0.364. The maximum Gasteiger partial charge on any atom is 0.179 e. The van der Waals surface area contributed by atoms with Crippen molar-refractivity contribution in [2.24, 2.45) is 0 Å². The van der Waals surface area contributed by atoms with Gasteiger partial charge in [-0.05, 0) is 24.5 Å². The predicted octanol–water partition coefficient (Wildman–Crippen LogP) is 1.95. The summed E-state index contributed by atoms with van der Waals surface area (Å²) in [6.07, 6.45) is 3.03. The molecular formula is C11H14N2. The Kier molecular flexibility index (Phi) is 3.33. The lowest BCUT2D eigenvalue weighted by Gasteiger charge is -2.09. The van der Waals surface area contributed by atoms with Crippen LogP contribution in [0, 0.1) is 18.4 Å². The van der Waals surface area contributed by atoms with Gasteiger partial charge in [0, 0.05) is 13.6 Å². The van der Waals surface area contributed by atoms with Crippen LogP contribution in [0.5, 0.6) is 0 Å². The van der Waals surface area contributed by atoms with E-state index >= 15 is 0 Å². The fourth-order valence-corrected chi connectivity index (χ4v) is 1.23. The molecule has 0 saturated heterocycles. The molecule has 0 aliphatic carbocycles. The van der Waals surface area contributed by atoms with Crippen molar-refractivity contribution in [2.75, 3.05) is 13.6 Å². The molecule has 0 unspecified atom stereocenters. The largest absolute Gasteiger partial charge is 0.313 e. The van der Waals surface area contributed by atoms with Gasteiger partial charge in [-0.2, -0.15) is 5.26 Å². The average Bonchev–Trinajstić information content (AvgIpc) is 2.16. The van der Waals surface area contributed by atoms with Gasteiger partial charge in [-0.25, -0.2) is 0 Å². The van der Waals surface area contributed by atoms with Crippen molar-refractivity contribution in [1.82, 2.24) is 4.90 Å². The minimum Gasteiger partial charge on any atom is -0.313 e. The van der Waals surface area contributed by atoms with Gasteiger partial charge in [0.1, 0.15) is 0 Å². The third-order valence-corrected chi connectivity index (χ3v) is 2.15. The Hall–Kier alpha value is -1.49. The van der Waals surface area contributed by atoms with Gasteiger partial charge in [0.25, 0.3) is 0 Å². The molecule has 0 heterocycles. The summed E-state index contributed by atoms with van der Waals surface area (Å²) in [4.78, 5) is 1.65. The Morgan fingerprint density at radius 3 is 2.69 bits per heavy atom. The lowest BCUT2D eigenvalue weighted by Crippen LogP contribution is -2.14. The zero-order valence-corrected chi connectivity index (χ0v) is 8.12. The highest BCUT2D eigenvalue weighted by atomic mass is 15.1. The first-order chi connectivity index (χ1) is 6.24. The Labute approximate surface area is 79.4 Å². The Morgan fingerprint density at radius 1 is 1.38 bits per heavy atom. The zero-order valence-electron chi connectivity index (χ0n) is 8.12. The first-order valence-corrected chi connectivity index (χ1v) is 4.39. The Bertz CT molecular complexity index is 312. The van der Waals surface area contributed by atoms with Crippen LogP contribution < -0.4 is 0 Å². The van der Waals surface area contributed by atoms with E-state index in [0.717, 1.165) is 13.0 Å². The molecule has 2 nitrogen and oxygen atoms in total. The second-order valence-corrected chi connectivity index (χ2v) is 3.20. The molecule has 13 heavy (non-hydrogen) atoms. The Balaban J connectivity index is 2.56. The molecule has 0 N–H and O–H groups in total. The van der Waals surface area contributed by atoms with Crippen LogP contribution in [0.1, 0.15) is 11.1 Å². The van der Waals surface area contributed by atoms with Gasteiger partial charge in [0.05, 0.1) is 0 Å². The van der Waals surface area contributed by atoms with E-state index < -0.39 is 0 Å². The van der Waals surface area contributed by atoms with Gasteiger partial charge in [-0.15, -0.1) is 0 Å². The molecule has 0 spiro atoms. The highest BCUT2D eigenvalue weighted by Gasteiger charge is 1.98. The first-order valence-electron chi connectivity index (χ1n) is 4.39.